The van der Waals surface area contributed by atoms with Crippen molar-refractivity contribution in [2.24, 2.45) is 10.7 Å². The van der Waals surface area contributed by atoms with Crippen molar-refractivity contribution in [1.82, 2.24) is 14.9 Å². The highest BCUT2D eigenvalue weighted by Gasteiger charge is 2.12. The summed E-state index contributed by atoms with van der Waals surface area (Å²) >= 11 is 1.56. The molecule has 0 unspecified atom stereocenters. The molecule has 0 saturated heterocycles. The summed E-state index contributed by atoms with van der Waals surface area (Å²) in [6, 6.07) is 11.6. The van der Waals surface area contributed by atoms with Crippen molar-refractivity contribution in [3.8, 4) is 11.3 Å². The lowest BCUT2D eigenvalue weighted by Gasteiger charge is -2.17. The molecule has 0 fully saturated rings. The number of benzene rings is 1. The van der Waals surface area contributed by atoms with Gasteiger partial charge in [0.1, 0.15) is 11.7 Å². The van der Waals surface area contributed by atoms with Crippen LogP contribution in [0, 0.1) is 0 Å². The van der Waals surface area contributed by atoms with Gasteiger partial charge in [0, 0.05) is 19.5 Å². The molecule has 3 rings (SSSR count). The van der Waals surface area contributed by atoms with Crippen LogP contribution in [0.25, 0.3) is 11.3 Å². The predicted octanol–water partition coefficient (Wildman–Crippen LogP) is 4.50. The van der Waals surface area contributed by atoms with Crippen LogP contribution in [-0.2, 0) is 6.42 Å². The number of unbranched alkanes of at least 4 members (excludes halogenated alkanes) is 1. The van der Waals surface area contributed by atoms with E-state index in [1.807, 2.05) is 48.7 Å². The van der Waals surface area contributed by atoms with E-state index in [0.29, 0.717) is 25.3 Å². The lowest BCUT2D eigenvalue weighted by molar-refractivity contribution is 0.145. The number of aliphatic imine (C=N–C) groups is 1. The molecule has 8 heteroatoms. The van der Waals surface area contributed by atoms with E-state index in [9.17, 15) is 9.90 Å². The molecule has 0 bridgehead atoms. The summed E-state index contributed by atoms with van der Waals surface area (Å²) in [6.45, 7) is 3.03. The molecule has 1 aromatic carbocycles. The second-order valence-electron chi connectivity index (χ2n) is 6.64. The van der Waals surface area contributed by atoms with Gasteiger partial charge >= 0.3 is 6.09 Å². The summed E-state index contributed by atoms with van der Waals surface area (Å²) in [6.07, 6.45) is 3.26. The Balaban J connectivity index is 1.62. The van der Waals surface area contributed by atoms with E-state index in [4.69, 9.17) is 5.73 Å². The summed E-state index contributed by atoms with van der Waals surface area (Å²) in [5.41, 5.74) is 8.69. The topological polar surface area (TPSA) is 108 Å². The highest BCUT2D eigenvalue weighted by atomic mass is 32.1. The molecule has 0 atom stereocenters. The van der Waals surface area contributed by atoms with Crippen LogP contribution in [0.3, 0.4) is 0 Å². The summed E-state index contributed by atoms with van der Waals surface area (Å²) < 4.78 is 0. The number of thiophene rings is 1. The van der Waals surface area contributed by atoms with Crippen molar-refractivity contribution in [2.75, 3.05) is 13.1 Å². The van der Waals surface area contributed by atoms with Crippen molar-refractivity contribution < 1.29 is 9.90 Å². The van der Waals surface area contributed by atoms with Crippen LogP contribution in [0.15, 0.2) is 53.0 Å². The van der Waals surface area contributed by atoms with Gasteiger partial charge in [0.25, 0.3) is 0 Å². The van der Waals surface area contributed by atoms with Crippen LogP contribution < -0.4 is 5.73 Å². The molecule has 29 heavy (non-hydrogen) atoms. The van der Waals surface area contributed by atoms with Crippen LogP contribution in [0.4, 0.5) is 10.5 Å². The third-order valence-corrected chi connectivity index (χ3v) is 5.39. The highest BCUT2D eigenvalue weighted by Crippen LogP contribution is 2.22. The zero-order chi connectivity index (χ0) is 20.6. The van der Waals surface area contributed by atoms with Crippen LogP contribution >= 0.6 is 11.3 Å². The van der Waals surface area contributed by atoms with Crippen molar-refractivity contribution in [3.63, 3.8) is 0 Å². The van der Waals surface area contributed by atoms with Crippen LogP contribution in [0.5, 0.6) is 0 Å². The Bertz CT molecular complexity index is 948. The number of aromatic nitrogens is 2. The maximum Gasteiger partial charge on any atom is 0.407 e. The fraction of sp³-hybridized carbons (Fsp3) is 0.286. The quantitative estimate of drug-likeness (QED) is 0.356. The number of H-pyrrole nitrogens is 1. The molecule has 0 saturated carbocycles. The number of nitrogens with two attached hydrogens (primary N) is 1. The van der Waals surface area contributed by atoms with Crippen molar-refractivity contribution in [1.29, 1.82) is 0 Å². The van der Waals surface area contributed by atoms with E-state index < -0.39 is 6.09 Å². The van der Waals surface area contributed by atoms with Gasteiger partial charge in [0.2, 0.25) is 0 Å². The van der Waals surface area contributed by atoms with Gasteiger partial charge in [-0.3, -0.25) is 0 Å². The lowest BCUT2D eigenvalue weighted by Crippen LogP contribution is -2.32. The predicted molar refractivity (Wildman–Crippen MR) is 117 cm³/mol. The van der Waals surface area contributed by atoms with Gasteiger partial charge in [-0.25, -0.2) is 14.8 Å². The van der Waals surface area contributed by atoms with Gasteiger partial charge in [-0.15, -0.1) is 11.3 Å². The smallest absolute Gasteiger partial charge is 0.407 e. The molecule has 4 N–H and O–H groups in total. The Kier molecular flexibility index (Phi) is 7.02. The minimum atomic E-state index is -0.886. The molecular formula is C21H25N5O2S. The summed E-state index contributed by atoms with van der Waals surface area (Å²) in [5, 5.41) is 11.3. The summed E-state index contributed by atoms with van der Waals surface area (Å²) in [5.74, 6) is 1.27. The van der Waals surface area contributed by atoms with Gasteiger partial charge in [-0.2, -0.15) is 0 Å². The Morgan fingerprint density at radius 3 is 2.72 bits per heavy atom. The first-order valence-corrected chi connectivity index (χ1v) is 10.4. The number of aromatic amines is 1. The first-order valence-electron chi connectivity index (χ1n) is 9.57. The summed E-state index contributed by atoms with van der Waals surface area (Å²) in [7, 11) is 0. The minimum absolute atomic E-state index is 0.429. The molecule has 0 aliphatic rings. The number of rotatable bonds is 9. The number of hydrogen-bond donors (Lipinski definition) is 3. The number of carbonyl (C=O) groups is 1. The second-order valence-corrected chi connectivity index (χ2v) is 7.59. The number of amidine groups is 1. The average molecular weight is 412 g/mol. The Morgan fingerprint density at radius 2 is 2.07 bits per heavy atom. The third kappa shape index (κ3) is 5.68. The highest BCUT2D eigenvalue weighted by molar-refractivity contribution is 7.12. The molecule has 3 aromatic rings. The molecule has 0 aliphatic heterocycles. The minimum Gasteiger partial charge on any atom is -0.465 e. The van der Waals surface area contributed by atoms with Gasteiger partial charge in [-0.05, 0) is 35.6 Å². The standard InChI is InChI=1S/C21H25N5O2S/c1-2-3-11-26(21(27)28)12-10-19-23-14-17(25-19)15-6-8-16(9-7-15)24-20(22)18-5-4-13-29-18/h4-9,13-14H,2-3,10-12H2,1H3,(H2,22,24)(H,23,25)(H,27,28). The molecular weight excluding hydrogens is 386 g/mol. The monoisotopic (exact) mass is 411 g/mol. The third-order valence-electron chi connectivity index (χ3n) is 4.50. The first kappa shape index (κ1) is 20.6. The maximum absolute atomic E-state index is 11.3. The van der Waals surface area contributed by atoms with Gasteiger partial charge in [0.05, 0.1) is 22.5 Å². The van der Waals surface area contributed by atoms with Gasteiger partial charge in [0.15, 0.2) is 0 Å². The van der Waals surface area contributed by atoms with E-state index in [1.54, 1.807) is 17.5 Å². The fourth-order valence-electron chi connectivity index (χ4n) is 2.86. The normalized spacial score (nSPS) is 11.6. The maximum atomic E-state index is 11.3. The van der Waals surface area contributed by atoms with Crippen molar-refractivity contribution >= 4 is 29.0 Å². The van der Waals surface area contributed by atoms with E-state index in [2.05, 4.69) is 15.0 Å². The average Bonchev–Trinajstić information content (AvgIpc) is 3.41. The number of nitrogens with one attached hydrogen (secondary N) is 1. The molecule has 0 aliphatic carbocycles. The molecule has 1 amide bonds. The Hall–Kier alpha value is -3.13. The van der Waals surface area contributed by atoms with E-state index in [-0.39, 0.29) is 0 Å². The van der Waals surface area contributed by atoms with E-state index >= 15 is 0 Å². The molecule has 2 heterocycles. The Morgan fingerprint density at radius 1 is 1.28 bits per heavy atom. The zero-order valence-corrected chi connectivity index (χ0v) is 17.2. The Labute approximate surface area is 173 Å². The van der Waals surface area contributed by atoms with Crippen LogP contribution in [0.2, 0.25) is 0 Å². The largest absolute Gasteiger partial charge is 0.465 e. The number of imidazole rings is 1. The number of hydrogen-bond acceptors (Lipinski definition) is 4. The van der Waals surface area contributed by atoms with E-state index in [0.717, 1.165) is 40.5 Å². The lowest BCUT2D eigenvalue weighted by atomic mass is 10.1. The SMILES string of the molecule is CCCCN(CCc1ncc(-c2ccc(N=C(N)c3cccs3)cc2)[nH]1)C(=O)O. The molecule has 7 nitrogen and oxygen atoms in total. The fourth-order valence-corrected chi connectivity index (χ4v) is 3.49. The first-order chi connectivity index (χ1) is 14.1. The van der Waals surface area contributed by atoms with Crippen LogP contribution in [0.1, 0.15) is 30.5 Å². The van der Waals surface area contributed by atoms with Gasteiger partial charge < -0.3 is 20.7 Å². The number of carboxylic acid groups (broad SMARTS) is 1. The molecule has 0 radical (unpaired) electrons. The van der Waals surface area contributed by atoms with Gasteiger partial charge in [-0.1, -0.05) is 31.5 Å². The van der Waals surface area contributed by atoms with Crippen LogP contribution in [-0.4, -0.2) is 45.0 Å². The number of amides is 1. The van der Waals surface area contributed by atoms with Crippen molar-refractivity contribution in [2.45, 2.75) is 26.2 Å². The molecule has 152 valence electrons. The summed E-state index contributed by atoms with van der Waals surface area (Å²) in [4.78, 5) is 25.8. The van der Waals surface area contributed by atoms with E-state index in [1.165, 1.54) is 4.90 Å². The van der Waals surface area contributed by atoms with Crippen molar-refractivity contribution in [3.05, 3.63) is 58.7 Å². The molecule has 2 aromatic heterocycles. The number of nitrogens with zero attached hydrogens (tertiary/aromatic N) is 3. The zero-order valence-electron chi connectivity index (χ0n) is 16.3. The molecule has 0 spiro atoms. The second kappa shape index (κ2) is 9.88.